The van der Waals surface area contributed by atoms with Gasteiger partial charge in [0.1, 0.15) is 0 Å². The highest BCUT2D eigenvalue weighted by atomic mass is 35.5. The van der Waals surface area contributed by atoms with Crippen molar-refractivity contribution in [1.82, 2.24) is 9.62 Å². The van der Waals surface area contributed by atoms with E-state index in [0.29, 0.717) is 24.5 Å². The quantitative estimate of drug-likeness (QED) is 0.903. The van der Waals surface area contributed by atoms with Crippen LogP contribution in [0.15, 0.2) is 24.3 Å². The number of halogens is 1. The van der Waals surface area contributed by atoms with Crippen molar-refractivity contribution in [1.29, 1.82) is 0 Å². The molecule has 1 amide bonds. The maximum Gasteiger partial charge on any atom is 0.226 e. The van der Waals surface area contributed by atoms with E-state index in [4.69, 9.17) is 11.6 Å². The largest absolute Gasteiger partial charge is 0.341 e. The first kappa shape index (κ1) is 15.8. The van der Waals surface area contributed by atoms with Crippen molar-refractivity contribution in [2.24, 2.45) is 5.92 Å². The van der Waals surface area contributed by atoms with Crippen molar-refractivity contribution in [2.45, 2.75) is 24.8 Å². The van der Waals surface area contributed by atoms with Crippen molar-refractivity contribution >= 4 is 27.5 Å². The molecule has 120 valence electrons. The normalized spacial score (nSPS) is 27.9. The molecule has 3 atom stereocenters. The Balaban J connectivity index is 1.57. The zero-order chi connectivity index (χ0) is 15.9. The molecule has 1 saturated heterocycles. The van der Waals surface area contributed by atoms with Crippen LogP contribution in [0.3, 0.4) is 0 Å². The van der Waals surface area contributed by atoms with Crippen LogP contribution in [0.4, 0.5) is 0 Å². The molecule has 2 fully saturated rings. The second-order valence-electron chi connectivity index (χ2n) is 6.16. The maximum atomic E-state index is 12.5. The van der Waals surface area contributed by atoms with Crippen LogP contribution in [-0.2, 0) is 14.8 Å². The van der Waals surface area contributed by atoms with Crippen LogP contribution in [0.25, 0.3) is 0 Å². The summed E-state index contributed by atoms with van der Waals surface area (Å²) >= 11 is 5.88. The highest BCUT2D eigenvalue weighted by molar-refractivity contribution is 7.88. The minimum Gasteiger partial charge on any atom is -0.341 e. The molecule has 1 heterocycles. The molecule has 1 N–H and O–H groups in total. The van der Waals surface area contributed by atoms with E-state index in [1.165, 1.54) is 0 Å². The van der Waals surface area contributed by atoms with Crippen molar-refractivity contribution in [3.05, 3.63) is 34.9 Å². The lowest BCUT2D eigenvalue weighted by atomic mass is 10.1. The van der Waals surface area contributed by atoms with Crippen molar-refractivity contribution in [3.63, 3.8) is 0 Å². The van der Waals surface area contributed by atoms with Gasteiger partial charge in [-0.05, 0) is 36.5 Å². The van der Waals surface area contributed by atoms with Gasteiger partial charge in [0.2, 0.25) is 15.9 Å². The first-order valence-electron chi connectivity index (χ1n) is 7.35. The van der Waals surface area contributed by atoms with Gasteiger partial charge in [-0.25, -0.2) is 13.1 Å². The Kier molecular flexibility index (Phi) is 4.18. The zero-order valence-electron chi connectivity index (χ0n) is 12.3. The van der Waals surface area contributed by atoms with Gasteiger partial charge in [0.15, 0.2) is 0 Å². The first-order chi connectivity index (χ1) is 10.3. The van der Waals surface area contributed by atoms with Crippen LogP contribution in [0, 0.1) is 5.92 Å². The lowest BCUT2D eigenvalue weighted by Crippen LogP contribution is -2.38. The minimum atomic E-state index is -3.22. The molecule has 3 rings (SSSR count). The second-order valence-corrected chi connectivity index (χ2v) is 8.38. The van der Waals surface area contributed by atoms with Crippen LogP contribution in [0.2, 0.25) is 5.02 Å². The summed E-state index contributed by atoms with van der Waals surface area (Å²) < 4.78 is 25.1. The lowest BCUT2D eigenvalue weighted by molar-refractivity contribution is -0.131. The number of carbonyl (C=O) groups is 1. The fourth-order valence-electron chi connectivity index (χ4n) is 3.14. The summed E-state index contributed by atoms with van der Waals surface area (Å²) in [7, 11) is -3.22. The molecule has 0 spiro atoms. The Morgan fingerprint density at radius 3 is 2.64 bits per heavy atom. The predicted molar refractivity (Wildman–Crippen MR) is 85.3 cm³/mol. The van der Waals surface area contributed by atoms with Gasteiger partial charge in [0.05, 0.1) is 6.26 Å². The van der Waals surface area contributed by atoms with E-state index in [1.54, 1.807) is 4.90 Å². The molecular formula is C15H19ClN2O3S. The van der Waals surface area contributed by atoms with E-state index in [2.05, 4.69) is 4.72 Å². The number of benzene rings is 1. The fraction of sp³-hybridized carbons (Fsp3) is 0.533. The van der Waals surface area contributed by atoms with Gasteiger partial charge in [-0.2, -0.15) is 0 Å². The minimum absolute atomic E-state index is 0.0261. The molecule has 5 nitrogen and oxygen atoms in total. The predicted octanol–water partition coefficient (Wildman–Crippen LogP) is 1.59. The average molecular weight is 343 g/mol. The molecule has 0 radical (unpaired) electrons. The summed E-state index contributed by atoms with van der Waals surface area (Å²) in [5, 5.41) is 0.696. The molecule has 3 unspecified atom stereocenters. The summed E-state index contributed by atoms with van der Waals surface area (Å²) in [5.74, 6) is 0.433. The maximum absolute atomic E-state index is 12.5. The van der Waals surface area contributed by atoms with Gasteiger partial charge in [-0.3, -0.25) is 4.79 Å². The van der Waals surface area contributed by atoms with E-state index in [9.17, 15) is 13.2 Å². The summed E-state index contributed by atoms with van der Waals surface area (Å²) in [6.45, 7) is 1.09. The molecule has 1 aromatic rings. The van der Waals surface area contributed by atoms with Crippen molar-refractivity contribution in [2.75, 3.05) is 19.3 Å². The molecule has 1 aliphatic heterocycles. The van der Waals surface area contributed by atoms with Crippen molar-refractivity contribution < 1.29 is 13.2 Å². The van der Waals surface area contributed by atoms with E-state index in [0.717, 1.165) is 18.2 Å². The van der Waals surface area contributed by atoms with Crippen molar-refractivity contribution in [3.8, 4) is 0 Å². The highest BCUT2D eigenvalue weighted by Crippen LogP contribution is 2.48. The Morgan fingerprint density at radius 2 is 2.00 bits per heavy atom. The number of nitrogens with one attached hydrogen (secondary N) is 1. The van der Waals surface area contributed by atoms with Crippen LogP contribution in [0.5, 0.6) is 0 Å². The number of sulfonamides is 1. The van der Waals surface area contributed by atoms with Crippen LogP contribution < -0.4 is 4.72 Å². The smallest absolute Gasteiger partial charge is 0.226 e. The van der Waals surface area contributed by atoms with Gasteiger partial charge >= 0.3 is 0 Å². The van der Waals surface area contributed by atoms with E-state index in [-0.39, 0.29) is 23.8 Å². The van der Waals surface area contributed by atoms with Crippen LogP contribution in [-0.4, -0.2) is 44.6 Å². The monoisotopic (exact) mass is 342 g/mol. The van der Waals surface area contributed by atoms with E-state index < -0.39 is 10.0 Å². The molecule has 1 aromatic carbocycles. The van der Waals surface area contributed by atoms with Gasteiger partial charge < -0.3 is 4.90 Å². The lowest BCUT2D eigenvalue weighted by Gasteiger charge is -2.17. The van der Waals surface area contributed by atoms with Gasteiger partial charge in [-0.15, -0.1) is 0 Å². The Labute approximate surface area is 135 Å². The Hall–Kier alpha value is -1.11. The second kappa shape index (κ2) is 5.83. The van der Waals surface area contributed by atoms with Gasteiger partial charge in [0, 0.05) is 30.1 Å². The summed E-state index contributed by atoms with van der Waals surface area (Å²) in [6, 6.07) is 7.47. The van der Waals surface area contributed by atoms with Crippen LogP contribution in [0.1, 0.15) is 24.3 Å². The molecule has 1 aliphatic carbocycles. The molecule has 2 aliphatic rings. The number of hydrogen-bond donors (Lipinski definition) is 1. The Morgan fingerprint density at radius 1 is 1.32 bits per heavy atom. The number of rotatable bonds is 4. The third kappa shape index (κ3) is 3.62. The number of amides is 1. The molecule has 1 saturated carbocycles. The molecular weight excluding hydrogens is 324 g/mol. The Bertz CT molecular complexity index is 675. The third-order valence-corrected chi connectivity index (χ3v) is 5.30. The van der Waals surface area contributed by atoms with Crippen LogP contribution >= 0.6 is 11.6 Å². The van der Waals surface area contributed by atoms with Gasteiger partial charge in [-0.1, -0.05) is 23.7 Å². The molecule has 22 heavy (non-hydrogen) atoms. The SMILES string of the molecule is CS(=O)(=O)NC1CCN(C(=O)C2CC2c2ccc(Cl)cc2)C1. The molecule has 7 heteroatoms. The summed E-state index contributed by atoms with van der Waals surface area (Å²) in [6.07, 6.45) is 2.69. The van der Waals surface area contributed by atoms with E-state index >= 15 is 0 Å². The van der Waals surface area contributed by atoms with E-state index in [1.807, 2.05) is 24.3 Å². The molecule has 0 aromatic heterocycles. The fourth-order valence-corrected chi connectivity index (χ4v) is 4.06. The summed E-state index contributed by atoms with van der Waals surface area (Å²) in [4.78, 5) is 14.3. The van der Waals surface area contributed by atoms with Gasteiger partial charge in [0.25, 0.3) is 0 Å². The standard InChI is InChI=1S/C15H19ClN2O3S/c1-22(20,21)17-12-6-7-18(9-12)15(19)14-8-13(14)10-2-4-11(16)5-3-10/h2-5,12-14,17H,6-9H2,1H3. The highest BCUT2D eigenvalue weighted by Gasteiger charge is 2.46. The zero-order valence-corrected chi connectivity index (χ0v) is 13.9. The molecule has 0 bridgehead atoms. The topological polar surface area (TPSA) is 66.5 Å². The number of hydrogen-bond acceptors (Lipinski definition) is 3. The number of nitrogens with zero attached hydrogens (tertiary/aromatic N) is 1. The number of likely N-dealkylation sites (tertiary alicyclic amines) is 1. The third-order valence-electron chi connectivity index (χ3n) is 4.29. The summed E-state index contributed by atoms with van der Waals surface area (Å²) in [5.41, 5.74) is 1.15. The average Bonchev–Trinajstić information content (AvgIpc) is 3.10. The first-order valence-corrected chi connectivity index (χ1v) is 9.62. The number of carbonyl (C=O) groups excluding carboxylic acids is 1.